The van der Waals surface area contributed by atoms with Crippen molar-refractivity contribution in [2.45, 2.75) is 19.8 Å². The van der Waals surface area contributed by atoms with E-state index in [9.17, 15) is 8.78 Å². The molecule has 1 fully saturated rings. The smallest absolute Gasteiger partial charge is 0.407 e. The Labute approximate surface area is 100 Å². The Bertz CT molecular complexity index is 379. The van der Waals surface area contributed by atoms with Crippen LogP contribution in [0.25, 0.3) is 0 Å². The number of benzene rings is 1. The Hall–Kier alpha value is -0.935. The second kappa shape index (κ2) is 5.60. The van der Waals surface area contributed by atoms with E-state index in [2.05, 4.69) is 6.92 Å². The molecule has 1 aromatic carbocycles. The molecule has 0 saturated carbocycles. The molecule has 0 spiro atoms. The quantitative estimate of drug-likeness (QED) is 0.753. The monoisotopic (exact) mass is 240 g/mol. The molecule has 0 unspecified atom stereocenters. The van der Waals surface area contributed by atoms with Gasteiger partial charge in [-0.15, -0.1) is 0 Å². The summed E-state index contributed by atoms with van der Waals surface area (Å²) in [6.45, 7) is 3.33. The summed E-state index contributed by atoms with van der Waals surface area (Å²) >= 11 is 0. The van der Waals surface area contributed by atoms with Crippen LogP contribution in [0.2, 0.25) is 0 Å². The number of rotatable bonds is 3. The van der Waals surface area contributed by atoms with Crippen LogP contribution in [0, 0.1) is 17.6 Å². The van der Waals surface area contributed by atoms with Crippen LogP contribution >= 0.6 is 0 Å². The molecule has 92 valence electrons. The first-order chi connectivity index (χ1) is 8.20. The van der Waals surface area contributed by atoms with Crippen LogP contribution < -0.4 is 5.46 Å². The van der Waals surface area contributed by atoms with Gasteiger partial charge in [0.1, 0.15) is 0 Å². The average molecular weight is 240 g/mol. The highest BCUT2D eigenvalue weighted by molar-refractivity contribution is 6.61. The molecule has 0 amide bonds. The van der Waals surface area contributed by atoms with Crippen LogP contribution in [0.1, 0.15) is 19.8 Å². The van der Waals surface area contributed by atoms with Gasteiger partial charge in [0, 0.05) is 19.1 Å². The van der Waals surface area contributed by atoms with Crippen molar-refractivity contribution in [1.29, 1.82) is 0 Å². The molecule has 1 aliphatic heterocycles. The first kappa shape index (κ1) is 12.5. The summed E-state index contributed by atoms with van der Waals surface area (Å²) in [5.74, 6) is -1.32. The van der Waals surface area contributed by atoms with Crippen LogP contribution in [-0.4, -0.2) is 20.3 Å². The van der Waals surface area contributed by atoms with Crippen molar-refractivity contribution < 1.29 is 18.1 Å². The number of hydrogen-bond donors (Lipinski definition) is 0. The van der Waals surface area contributed by atoms with Crippen LogP contribution in [0.4, 0.5) is 8.78 Å². The third-order valence-corrected chi connectivity index (χ3v) is 2.88. The summed E-state index contributed by atoms with van der Waals surface area (Å²) in [7, 11) is -0.571. The number of hydrogen-bond acceptors (Lipinski definition) is 2. The van der Waals surface area contributed by atoms with E-state index in [0.717, 1.165) is 25.0 Å². The normalized spacial score (nSPS) is 17.5. The van der Waals surface area contributed by atoms with Crippen molar-refractivity contribution in [2.24, 2.45) is 5.92 Å². The molecule has 2 nitrogen and oxygen atoms in total. The molecule has 1 heterocycles. The Morgan fingerprint density at radius 1 is 1.24 bits per heavy atom. The van der Waals surface area contributed by atoms with Gasteiger partial charge in [0.25, 0.3) is 0 Å². The molecule has 0 N–H and O–H groups in total. The molecule has 5 heteroatoms. The zero-order valence-corrected chi connectivity index (χ0v) is 9.79. The molecule has 1 aliphatic rings. The molecule has 0 aromatic heterocycles. The van der Waals surface area contributed by atoms with Gasteiger partial charge in [-0.25, -0.2) is 8.78 Å². The van der Waals surface area contributed by atoms with E-state index in [0.29, 0.717) is 24.6 Å². The lowest BCUT2D eigenvalue weighted by Gasteiger charge is -2.27. The van der Waals surface area contributed by atoms with E-state index < -0.39 is 18.8 Å². The first-order valence-electron chi connectivity index (χ1n) is 5.89. The topological polar surface area (TPSA) is 18.5 Å². The fourth-order valence-electron chi connectivity index (χ4n) is 1.97. The van der Waals surface area contributed by atoms with Gasteiger partial charge in [0.15, 0.2) is 11.6 Å². The van der Waals surface area contributed by atoms with Gasteiger partial charge in [0.2, 0.25) is 0 Å². The SMILES string of the molecule is CCCC1COB(c2ccc(F)c(F)c2)OC1. The van der Waals surface area contributed by atoms with Crippen molar-refractivity contribution >= 4 is 12.6 Å². The largest absolute Gasteiger partial charge is 0.493 e. The standard InChI is InChI=1S/C12H15BF2O2/c1-2-3-9-7-16-13(17-8-9)10-4-5-11(14)12(15)6-10/h4-6,9H,2-3,7-8H2,1H3. The average Bonchev–Trinajstić information content (AvgIpc) is 2.34. The molecule has 2 rings (SSSR count). The minimum Gasteiger partial charge on any atom is -0.407 e. The van der Waals surface area contributed by atoms with E-state index in [1.165, 1.54) is 6.07 Å². The molecule has 0 bridgehead atoms. The lowest BCUT2D eigenvalue weighted by atomic mass is 9.77. The third kappa shape index (κ3) is 3.04. The van der Waals surface area contributed by atoms with Gasteiger partial charge >= 0.3 is 7.12 Å². The van der Waals surface area contributed by atoms with Gasteiger partial charge < -0.3 is 9.31 Å². The highest BCUT2D eigenvalue weighted by atomic mass is 19.2. The lowest BCUT2D eigenvalue weighted by Crippen LogP contribution is -2.44. The highest BCUT2D eigenvalue weighted by Gasteiger charge is 2.29. The summed E-state index contributed by atoms with van der Waals surface area (Å²) in [5.41, 5.74) is 0.527. The summed E-state index contributed by atoms with van der Waals surface area (Å²) in [6, 6.07) is 3.71. The highest BCUT2D eigenvalue weighted by Crippen LogP contribution is 2.14. The number of halogens is 2. The lowest BCUT2D eigenvalue weighted by molar-refractivity contribution is 0.0821. The second-order valence-corrected chi connectivity index (χ2v) is 4.33. The van der Waals surface area contributed by atoms with E-state index >= 15 is 0 Å². The maximum absolute atomic E-state index is 13.0. The molecular weight excluding hydrogens is 225 g/mol. The van der Waals surface area contributed by atoms with E-state index in [1.807, 2.05) is 0 Å². The van der Waals surface area contributed by atoms with E-state index in [4.69, 9.17) is 9.31 Å². The molecule has 0 atom stereocenters. The minimum absolute atomic E-state index is 0.404. The Morgan fingerprint density at radius 3 is 2.53 bits per heavy atom. The zero-order valence-electron chi connectivity index (χ0n) is 9.79. The van der Waals surface area contributed by atoms with Crippen LogP contribution in [0.3, 0.4) is 0 Å². The van der Waals surface area contributed by atoms with Crippen LogP contribution in [0.5, 0.6) is 0 Å². The summed E-state index contributed by atoms with van der Waals surface area (Å²) in [6.07, 6.45) is 2.15. The fourth-order valence-corrected chi connectivity index (χ4v) is 1.97. The van der Waals surface area contributed by atoms with Crippen molar-refractivity contribution in [2.75, 3.05) is 13.2 Å². The summed E-state index contributed by atoms with van der Waals surface area (Å²) < 4.78 is 36.8. The Kier molecular flexibility index (Phi) is 4.13. The molecule has 0 aliphatic carbocycles. The molecule has 17 heavy (non-hydrogen) atoms. The zero-order chi connectivity index (χ0) is 12.3. The van der Waals surface area contributed by atoms with E-state index in [1.54, 1.807) is 0 Å². The van der Waals surface area contributed by atoms with Crippen molar-refractivity contribution in [3.8, 4) is 0 Å². The van der Waals surface area contributed by atoms with Crippen molar-refractivity contribution in [1.82, 2.24) is 0 Å². The molecule has 0 radical (unpaired) electrons. The predicted molar refractivity (Wildman–Crippen MR) is 62.0 cm³/mol. The maximum Gasteiger partial charge on any atom is 0.493 e. The van der Waals surface area contributed by atoms with Gasteiger partial charge in [-0.1, -0.05) is 19.4 Å². The van der Waals surface area contributed by atoms with Crippen LogP contribution in [0.15, 0.2) is 18.2 Å². The fraction of sp³-hybridized carbons (Fsp3) is 0.500. The van der Waals surface area contributed by atoms with Gasteiger partial charge in [-0.3, -0.25) is 0 Å². The molecular formula is C12H15BF2O2. The van der Waals surface area contributed by atoms with Crippen molar-refractivity contribution in [3.63, 3.8) is 0 Å². The van der Waals surface area contributed by atoms with Gasteiger partial charge in [0.05, 0.1) is 0 Å². The predicted octanol–water partition coefficient (Wildman–Crippen LogP) is 2.12. The third-order valence-electron chi connectivity index (χ3n) is 2.88. The first-order valence-corrected chi connectivity index (χ1v) is 5.89. The second-order valence-electron chi connectivity index (χ2n) is 4.33. The van der Waals surface area contributed by atoms with Gasteiger partial charge in [-0.05, 0) is 24.0 Å². The van der Waals surface area contributed by atoms with Crippen LogP contribution in [-0.2, 0) is 9.31 Å². The Balaban J connectivity index is 1.98. The van der Waals surface area contributed by atoms with Crippen molar-refractivity contribution in [3.05, 3.63) is 29.8 Å². The molecule has 1 aromatic rings. The molecule has 1 saturated heterocycles. The summed E-state index contributed by atoms with van der Waals surface area (Å²) in [4.78, 5) is 0. The van der Waals surface area contributed by atoms with Gasteiger partial charge in [-0.2, -0.15) is 0 Å². The van der Waals surface area contributed by atoms with E-state index in [-0.39, 0.29) is 0 Å². The minimum atomic E-state index is -0.870. The summed E-state index contributed by atoms with van der Waals surface area (Å²) in [5, 5.41) is 0. The Morgan fingerprint density at radius 2 is 1.94 bits per heavy atom. The maximum atomic E-state index is 13.0.